The number of hydrogen-bond acceptors (Lipinski definition) is 5. The molecular formula is C26H43F2NO4SSi2. The first kappa shape index (κ1) is 31.2. The Bertz CT molecular complexity index is 948. The molecule has 0 saturated carbocycles. The molecule has 10 heteroatoms. The average Bonchev–Trinajstić information content (AvgIpc) is 2.89. The molecular weight excluding hydrogens is 517 g/mol. The van der Waals surface area contributed by atoms with Crippen LogP contribution in [-0.2, 0) is 13.6 Å². The molecule has 2 rings (SSSR count). The zero-order chi connectivity index (χ0) is 28.0. The molecule has 1 fully saturated rings. The van der Waals surface area contributed by atoms with Crippen molar-refractivity contribution in [3.8, 4) is 0 Å². The highest BCUT2D eigenvalue weighted by atomic mass is 32.2. The number of thioether (sulfide) groups is 1. The van der Waals surface area contributed by atoms with Crippen LogP contribution < -0.4 is 0 Å². The van der Waals surface area contributed by atoms with E-state index in [9.17, 15) is 9.90 Å². The minimum Gasteiger partial charge on any atom is -0.406 e. The minimum absolute atomic E-state index is 0.216. The van der Waals surface area contributed by atoms with Crippen molar-refractivity contribution in [2.45, 2.75) is 106 Å². The first-order valence-corrected chi connectivity index (χ1v) is 18.9. The molecule has 0 bridgehead atoms. The number of rotatable bonds is 9. The Morgan fingerprint density at radius 2 is 1.50 bits per heavy atom. The maximum Gasteiger partial charge on any atom is 0.347 e. The first-order chi connectivity index (χ1) is 16.1. The molecule has 1 aliphatic rings. The number of nitrogens with zero attached hydrogens (tertiary/aromatic N) is 1. The van der Waals surface area contributed by atoms with Crippen LogP contribution in [0.25, 0.3) is 0 Å². The number of amides is 1. The fraction of sp³-hybridized carbons (Fsp3) is 0.654. The van der Waals surface area contributed by atoms with Gasteiger partial charge in [0.25, 0.3) is 5.91 Å². The maximum atomic E-state index is 16.3. The number of carbonyl (C=O) groups is 1. The van der Waals surface area contributed by atoms with Crippen LogP contribution in [0.1, 0.15) is 41.5 Å². The van der Waals surface area contributed by atoms with E-state index in [1.54, 1.807) is 30.3 Å². The van der Waals surface area contributed by atoms with Crippen LogP contribution in [0.15, 0.2) is 47.9 Å². The van der Waals surface area contributed by atoms with Crippen molar-refractivity contribution in [3.63, 3.8) is 0 Å². The zero-order valence-electron chi connectivity index (χ0n) is 23.3. The van der Waals surface area contributed by atoms with Crippen molar-refractivity contribution < 1.29 is 27.5 Å². The van der Waals surface area contributed by atoms with Gasteiger partial charge in [0.15, 0.2) is 22.7 Å². The lowest BCUT2D eigenvalue weighted by atomic mass is 10.1. The summed E-state index contributed by atoms with van der Waals surface area (Å²) < 4.78 is 45.6. The topological polar surface area (TPSA) is 59.0 Å². The summed E-state index contributed by atoms with van der Waals surface area (Å²) in [5, 5.41) is 7.56. The van der Waals surface area contributed by atoms with Crippen molar-refractivity contribution in [2.75, 3.05) is 6.54 Å². The lowest BCUT2D eigenvalue weighted by Crippen LogP contribution is -2.65. The van der Waals surface area contributed by atoms with Crippen molar-refractivity contribution in [3.05, 3.63) is 43.0 Å². The molecule has 0 spiro atoms. The van der Waals surface area contributed by atoms with Gasteiger partial charge in [-0.1, -0.05) is 65.8 Å². The van der Waals surface area contributed by atoms with Gasteiger partial charge in [-0.05, 0) is 60.2 Å². The molecule has 0 aromatic heterocycles. The number of hydrogen-bond donors (Lipinski definition) is 1. The van der Waals surface area contributed by atoms with Gasteiger partial charge in [-0.25, -0.2) is 0 Å². The third-order valence-electron chi connectivity index (χ3n) is 7.78. The highest BCUT2D eigenvalue weighted by molar-refractivity contribution is 8.00. The Kier molecular flexibility index (Phi) is 8.88. The highest BCUT2D eigenvalue weighted by Gasteiger charge is 2.73. The number of carbonyl (C=O) groups excluding carboxylic acids is 1. The van der Waals surface area contributed by atoms with Gasteiger partial charge in [0.05, 0.1) is 0 Å². The molecule has 0 unspecified atom stereocenters. The number of halogens is 2. The van der Waals surface area contributed by atoms with E-state index in [4.69, 9.17) is 8.85 Å². The normalized spacial score (nSPS) is 24.4. The minimum atomic E-state index is -3.81. The molecule has 1 saturated heterocycles. The smallest absolute Gasteiger partial charge is 0.347 e. The Labute approximate surface area is 221 Å². The van der Waals surface area contributed by atoms with E-state index in [-0.39, 0.29) is 33.3 Å². The number of alkyl halides is 2. The summed E-state index contributed by atoms with van der Waals surface area (Å²) >= 11 is 0.216. The van der Waals surface area contributed by atoms with Crippen LogP contribution in [0, 0.1) is 0 Å². The first-order valence-electron chi connectivity index (χ1n) is 12.2. The van der Waals surface area contributed by atoms with E-state index in [0.29, 0.717) is 0 Å². The van der Waals surface area contributed by atoms with Crippen LogP contribution in [0.4, 0.5) is 8.78 Å². The second-order valence-corrected chi connectivity index (χ2v) is 23.2. The van der Waals surface area contributed by atoms with Crippen molar-refractivity contribution in [1.82, 2.24) is 4.90 Å². The number of benzene rings is 1. The summed E-state index contributed by atoms with van der Waals surface area (Å²) in [7, 11) is -5.37. The number of aliphatic hydroxyl groups is 1. The van der Waals surface area contributed by atoms with Crippen molar-refractivity contribution in [1.29, 1.82) is 0 Å². The standard InChI is InChI=1S/C26H43F2NO4SSi2/c1-12-18-29-22(30)20(32-35(8,9)23(2,3)4)21(33-36(10,11)24(5,6)7)25(29,31)26(27,28)34-19-16-14-13-15-17-19/h12-17,20-21,31H,1,18H2,2-11H3/t20-,21-,25-/m1/s1. The van der Waals surface area contributed by atoms with E-state index in [2.05, 4.69) is 6.58 Å². The van der Waals surface area contributed by atoms with Gasteiger partial charge in [-0.3, -0.25) is 4.79 Å². The van der Waals surface area contributed by atoms with Crippen LogP contribution in [0.2, 0.25) is 36.3 Å². The second kappa shape index (κ2) is 10.3. The Balaban J connectivity index is 2.73. The average molecular weight is 560 g/mol. The third kappa shape index (κ3) is 5.83. The Morgan fingerprint density at radius 3 is 1.94 bits per heavy atom. The monoisotopic (exact) mass is 559 g/mol. The molecule has 1 heterocycles. The van der Waals surface area contributed by atoms with Gasteiger partial charge in [0.2, 0.25) is 5.72 Å². The molecule has 204 valence electrons. The maximum absolute atomic E-state index is 16.3. The molecule has 1 N–H and O–H groups in total. The summed E-state index contributed by atoms with van der Waals surface area (Å²) in [6.45, 7) is 23.1. The summed E-state index contributed by atoms with van der Waals surface area (Å²) in [5.41, 5.74) is -2.96. The molecule has 0 radical (unpaired) electrons. The molecule has 3 atom stereocenters. The van der Waals surface area contributed by atoms with E-state index in [1.807, 2.05) is 67.7 Å². The van der Waals surface area contributed by atoms with Gasteiger partial charge in [0.1, 0.15) is 6.10 Å². The molecule has 0 aliphatic carbocycles. The molecule has 5 nitrogen and oxygen atoms in total. The molecule has 1 amide bonds. The van der Waals surface area contributed by atoms with Crippen molar-refractivity contribution >= 4 is 34.3 Å². The predicted octanol–water partition coefficient (Wildman–Crippen LogP) is 6.87. The highest BCUT2D eigenvalue weighted by Crippen LogP contribution is 2.54. The van der Waals surface area contributed by atoms with Gasteiger partial charge in [-0.15, -0.1) is 6.58 Å². The quantitative estimate of drug-likeness (QED) is 0.203. The van der Waals surface area contributed by atoms with Crippen LogP contribution >= 0.6 is 11.8 Å². The zero-order valence-corrected chi connectivity index (χ0v) is 26.1. The summed E-state index contributed by atoms with van der Waals surface area (Å²) in [5.74, 6) is -0.709. The van der Waals surface area contributed by atoms with E-state index in [1.165, 1.54) is 6.08 Å². The summed E-state index contributed by atoms with van der Waals surface area (Å²) in [6.07, 6.45) is -1.62. The fourth-order valence-corrected chi connectivity index (χ4v) is 6.91. The van der Waals surface area contributed by atoms with Gasteiger partial charge in [-0.2, -0.15) is 8.78 Å². The van der Waals surface area contributed by atoms with Crippen LogP contribution in [0.5, 0.6) is 0 Å². The Hall–Kier alpha value is -1.05. The Morgan fingerprint density at radius 1 is 1.03 bits per heavy atom. The van der Waals surface area contributed by atoms with Crippen molar-refractivity contribution in [2.24, 2.45) is 0 Å². The summed E-state index contributed by atoms with van der Waals surface area (Å²) in [4.78, 5) is 14.8. The van der Waals surface area contributed by atoms with Gasteiger partial charge < -0.3 is 18.9 Å². The molecule has 1 aromatic rings. The fourth-order valence-electron chi connectivity index (χ4n) is 3.45. The van der Waals surface area contributed by atoms with Crippen LogP contribution in [-0.4, -0.2) is 62.3 Å². The molecule has 1 aliphatic heterocycles. The SMILES string of the molecule is C=CCN1C(=O)[C@H](O[Si](C)(C)C(C)(C)C)[C@@H](O[Si](C)(C)C(C)(C)C)[C@@]1(O)C(F)(F)Sc1ccccc1. The largest absolute Gasteiger partial charge is 0.406 e. The number of likely N-dealkylation sites (tertiary alicyclic amines) is 1. The lowest BCUT2D eigenvalue weighted by molar-refractivity contribution is -0.230. The molecule has 36 heavy (non-hydrogen) atoms. The molecule has 1 aromatic carbocycles. The van der Waals surface area contributed by atoms with E-state index in [0.717, 1.165) is 4.90 Å². The van der Waals surface area contributed by atoms with Gasteiger partial charge >= 0.3 is 5.25 Å². The lowest BCUT2D eigenvalue weighted by Gasteiger charge is -2.47. The third-order valence-corrected chi connectivity index (χ3v) is 17.8. The second-order valence-electron chi connectivity index (χ2n) is 12.5. The van der Waals surface area contributed by atoms with Crippen LogP contribution in [0.3, 0.4) is 0 Å². The van der Waals surface area contributed by atoms with Gasteiger partial charge in [0, 0.05) is 11.4 Å². The van der Waals surface area contributed by atoms with E-state index >= 15 is 8.78 Å². The van der Waals surface area contributed by atoms with E-state index < -0.39 is 45.7 Å². The summed E-state index contributed by atoms with van der Waals surface area (Å²) in [6, 6.07) is 8.12. The predicted molar refractivity (Wildman–Crippen MR) is 148 cm³/mol.